The fourth-order valence-electron chi connectivity index (χ4n) is 0.408. The molecule has 0 heterocycles. The van der Waals surface area contributed by atoms with Crippen LogP contribution >= 0.6 is 0 Å². The van der Waals surface area contributed by atoms with E-state index in [2.05, 4.69) is 6.07 Å². The van der Waals surface area contributed by atoms with E-state index in [0.717, 1.165) is 0 Å². The predicted molar refractivity (Wildman–Crippen MR) is 28.6 cm³/mol. The van der Waals surface area contributed by atoms with E-state index in [1.807, 2.05) is 0 Å². The first-order valence-electron chi connectivity index (χ1n) is 2.19. The Morgan fingerprint density at radius 2 is 1.89 bits per heavy atom. The fourth-order valence-corrected chi connectivity index (χ4v) is 0.408. The molecule has 0 saturated carbocycles. The summed E-state index contributed by atoms with van der Waals surface area (Å²) >= 11 is 0. The van der Waals surface area contributed by atoms with Crippen LogP contribution in [0.5, 0.6) is 11.5 Å². The first kappa shape index (κ1) is 8.42. The Bertz CT molecular complexity index is 150. The van der Waals surface area contributed by atoms with E-state index in [1.165, 1.54) is 18.2 Å². The molecule has 1 aromatic rings. The molecule has 0 radical (unpaired) electrons. The minimum Gasteiger partial charge on any atom is -0.566 e. The van der Waals surface area contributed by atoms with Gasteiger partial charge in [-0.1, -0.05) is 0 Å². The van der Waals surface area contributed by atoms with Gasteiger partial charge in [-0.05, 0) is 0 Å². The van der Waals surface area contributed by atoms with Crippen LogP contribution in [0.2, 0.25) is 0 Å². The molecule has 0 bridgehead atoms. The van der Waals surface area contributed by atoms with Gasteiger partial charge in [0.05, 0.1) is 0 Å². The molecule has 2 nitrogen and oxygen atoms in total. The summed E-state index contributed by atoms with van der Waals surface area (Å²) in [7, 11) is 0. The van der Waals surface area contributed by atoms with E-state index in [9.17, 15) is 0 Å². The number of phenolic OH excluding ortho intramolecular Hbond substituents is 2. The van der Waals surface area contributed by atoms with Gasteiger partial charge in [-0.25, -0.2) is 0 Å². The summed E-state index contributed by atoms with van der Waals surface area (Å²) in [4.78, 5) is 0. The van der Waals surface area contributed by atoms with Crippen molar-refractivity contribution in [2.45, 2.75) is 0 Å². The maximum Gasteiger partial charge on any atom is 1.00 e. The molecule has 0 fully saturated rings. The average Bonchev–Trinajstić information content (AvgIpc) is 1.77. The van der Waals surface area contributed by atoms with Gasteiger partial charge in [0.15, 0.2) is 0 Å². The minimum absolute atomic E-state index is 0. The number of hydrogen-bond donors (Lipinski definition) is 2. The Kier molecular flexibility index (Phi) is 3.22. The summed E-state index contributed by atoms with van der Waals surface area (Å²) in [5.41, 5.74) is 0. The molecular weight excluding hydrogens is 111 g/mol. The molecule has 0 saturated heterocycles. The van der Waals surface area contributed by atoms with Crippen LogP contribution in [0, 0.1) is 6.07 Å². The minimum atomic E-state index is 0. The van der Waals surface area contributed by atoms with E-state index < -0.39 is 0 Å². The van der Waals surface area contributed by atoms with Crippen LogP contribution < -0.4 is 18.9 Å². The maximum absolute atomic E-state index is 8.61. The normalized spacial score (nSPS) is 8.00. The zero-order chi connectivity index (χ0) is 5.98. The summed E-state index contributed by atoms with van der Waals surface area (Å²) in [6.07, 6.45) is 0. The van der Waals surface area contributed by atoms with Crippen LogP contribution in [0.3, 0.4) is 0 Å². The second-order valence-corrected chi connectivity index (χ2v) is 1.43. The van der Waals surface area contributed by atoms with Gasteiger partial charge in [0, 0.05) is 11.5 Å². The third-order valence-electron chi connectivity index (χ3n) is 0.780. The van der Waals surface area contributed by atoms with Crippen LogP contribution in [0.4, 0.5) is 0 Å². The molecular formula is C6H5LiO2. The van der Waals surface area contributed by atoms with Crippen molar-refractivity contribution in [1.82, 2.24) is 0 Å². The van der Waals surface area contributed by atoms with E-state index in [-0.39, 0.29) is 30.4 Å². The fraction of sp³-hybridized carbons (Fsp3) is 0. The van der Waals surface area contributed by atoms with Crippen molar-refractivity contribution in [3.05, 3.63) is 24.3 Å². The first-order chi connectivity index (χ1) is 3.79. The molecule has 42 valence electrons. The molecule has 0 aliphatic rings. The van der Waals surface area contributed by atoms with Gasteiger partial charge in [0.2, 0.25) is 0 Å². The van der Waals surface area contributed by atoms with Crippen LogP contribution in [-0.4, -0.2) is 10.2 Å². The summed E-state index contributed by atoms with van der Waals surface area (Å²) < 4.78 is 0. The number of rotatable bonds is 0. The third-order valence-corrected chi connectivity index (χ3v) is 0.780. The molecule has 9 heavy (non-hydrogen) atoms. The summed E-state index contributed by atoms with van der Waals surface area (Å²) in [5.74, 6) is 0.158. The molecule has 0 aliphatic heterocycles. The van der Waals surface area contributed by atoms with Crippen molar-refractivity contribution in [3.8, 4) is 11.5 Å². The van der Waals surface area contributed by atoms with E-state index in [4.69, 9.17) is 10.2 Å². The van der Waals surface area contributed by atoms with Gasteiger partial charge in [-0.15, -0.1) is 24.3 Å². The second kappa shape index (κ2) is 3.44. The van der Waals surface area contributed by atoms with Crippen LogP contribution in [0.15, 0.2) is 18.2 Å². The monoisotopic (exact) mass is 116 g/mol. The molecule has 1 aromatic carbocycles. The molecule has 0 amide bonds. The van der Waals surface area contributed by atoms with Crippen LogP contribution in [0.25, 0.3) is 0 Å². The topological polar surface area (TPSA) is 40.5 Å². The number of hydrogen-bond acceptors (Lipinski definition) is 2. The molecule has 0 spiro atoms. The van der Waals surface area contributed by atoms with Crippen molar-refractivity contribution in [2.24, 2.45) is 0 Å². The molecule has 0 aliphatic carbocycles. The van der Waals surface area contributed by atoms with Gasteiger partial charge in [-0.2, -0.15) is 0 Å². The number of aromatic hydroxyl groups is 2. The molecule has 0 unspecified atom stereocenters. The number of benzene rings is 1. The van der Waals surface area contributed by atoms with Crippen LogP contribution in [0.1, 0.15) is 0 Å². The average molecular weight is 116 g/mol. The van der Waals surface area contributed by atoms with E-state index in [1.54, 1.807) is 0 Å². The van der Waals surface area contributed by atoms with Crippen molar-refractivity contribution in [1.29, 1.82) is 0 Å². The molecule has 1 rings (SSSR count). The SMILES string of the molecule is Oc1[c-]cc(O)cc1.[Li+]. The smallest absolute Gasteiger partial charge is 0.566 e. The van der Waals surface area contributed by atoms with Gasteiger partial charge in [0.25, 0.3) is 0 Å². The largest absolute Gasteiger partial charge is 1.00 e. The van der Waals surface area contributed by atoms with Gasteiger partial charge < -0.3 is 10.2 Å². The third kappa shape index (κ3) is 2.45. The van der Waals surface area contributed by atoms with Crippen molar-refractivity contribution >= 4 is 0 Å². The molecule has 0 aromatic heterocycles. The first-order valence-corrected chi connectivity index (χ1v) is 2.19. The Labute approximate surface area is 65.3 Å². The standard InChI is InChI=1S/C6H5O2.Li/c7-5-1-2-6(8)4-3-5;/h1-3,7-8H;/q-1;+1. The van der Waals surface area contributed by atoms with Crippen molar-refractivity contribution in [3.63, 3.8) is 0 Å². The number of phenols is 2. The van der Waals surface area contributed by atoms with Gasteiger partial charge >= 0.3 is 18.9 Å². The van der Waals surface area contributed by atoms with E-state index in [0.29, 0.717) is 0 Å². The molecule has 2 N–H and O–H groups in total. The van der Waals surface area contributed by atoms with Crippen molar-refractivity contribution in [2.75, 3.05) is 0 Å². The Balaban J connectivity index is 0.000000640. The quantitative estimate of drug-likeness (QED) is 0.231. The summed E-state index contributed by atoms with van der Waals surface area (Å²) in [6, 6.07) is 6.47. The summed E-state index contributed by atoms with van der Waals surface area (Å²) in [6.45, 7) is 0. The van der Waals surface area contributed by atoms with Crippen molar-refractivity contribution < 1.29 is 29.1 Å². The molecule has 0 atom stereocenters. The zero-order valence-electron chi connectivity index (χ0n) is 5.13. The second-order valence-electron chi connectivity index (χ2n) is 1.43. The summed E-state index contributed by atoms with van der Waals surface area (Å²) in [5, 5.41) is 17.2. The Hall–Kier alpha value is -0.583. The van der Waals surface area contributed by atoms with Crippen LogP contribution in [-0.2, 0) is 0 Å². The van der Waals surface area contributed by atoms with Gasteiger partial charge in [0.1, 0.15) is 0 Å². The Morgan fingerprint density at radius 3 is 2.22 bits per heavy atom. The maximum atomic E-state index is 8.61. The predicted octanol–water partition coefficient (Wildman–Crippen LogP) is -2.10. The van der Waals surface area contributed by atoms with E-state index >= 15 is 0 Å². The zero-order valence-corrected chi connectivity index (χ0v) is 5.13. The molecule has 3 heteroatoms. The Morgan fingerprint density at radius 1 is 1.22 bits per heavy atom. The van der Waals surface area contributed by atoms with Gasteiger partial charge in [-0.3, -0.25) is 0 Å².